The lowest BCUT2D eigenvalue weighted by Gasteiger charge is -2.23. The zero-order valence-electron chi connectivity index (χ0n) is 19.2. The molecular formula is C28H21ClN2O4S. The van der Waals surface area contributed by atoms with Crippen molar-refractivity contribution in [1.82, 2.24) is 4.98 Å². The molecule has 4 aromatic rings. The summed E-state index contributed by atoms with van der Waals surface area (Å²) in [5.74, 6) is -1.20. The number of halogens is 1. The summed E-state index contributed by atoms with van der Waals surface area (Å²) in [5, 5.41) is 13.8. The van der Waals surface area contributed by atoms with E-state index in [-0.39, 0.29) is 11.3 Å². The number of thiazole rings is 1. The lowest BCUT2D eigenvalue weighted by Crippen LogP contribution is -2.29. The highest BCUT2D eigenvalue weighted by atomic mass is 35.5. The lowest BCUT2D eigenvalue weighted by atomic mass is 9.95. The monoisotopic (exact) mass is 516 g/mol. The molecular weight excluding hydrogens is 496 g/mol. The second kappa shape index (κ2) is 9.97. The lowest BCUT2D eigenvalue weighted by molar-refractivity contribution is -0.132. The van der Waals surface area contributed by atoms with Gasteiger partial charge < -0.3 is 9.84 Å². The molecule has 1 saturated heterocycles. The van der Waals surface area contributed by atoms with Crippen molar-refractivity contribution in [3.63, 3.8) is 0 Å². The van der Waals surface area contributed by atoms with Gasteiger partial charge in [-0.15, -0.1) is 11.3 Å². The Kier molecular flexibility index (Phi) is 6.59. The Bertz CT molecular complexity index is 1470. The van der Waals surface area contributed by atoms with E-state index in [1.807, 2.05) is 31.2 Å². The molecule has 2 heterocycles. The summed E-state index contributed by atoms with van der Waals surface area (Å²) in [7, 11) is 0. The average Bonchev–Trinajstić information content (AvgIpc) is 3.50. The van der Waals surface area contributed by atoms with Crippen LogP contribution in [0, 0.1) is 6.92 Å². The SMILES string of the molecule is Cc1ccccc1COc1ccc(/C(O)=C2\C(=O)C(=O)N(c3nccs3)C2c2cccc(Cl)c2)cc1. The van der Waals surface area contributed by atoms with Gasteiger partial charge in [0.2, 0.25) is 0 Å². The largest absolute Gasteiger partial charge is 0.507 e. The van der Waals surface area contributed by atoms with E-state index in [2.05, 4.69) is 4.98 Å². The van der Waals surface area contributed by atoms with Gasteiger partial charge in [-0.25, -0.2) is 4.98 Å². The first-order chi connectivity index (χ1) is 17.4. The Hall–Kier alpha value is -3.94. The van der Waals surface area contributed by atoms with Crippen LogP contribution in [-0.2, 0) is 16.2 Å². The van der Waals surface area contributed by atoms with E-state index in [4.69, 9.17) is 16.3 Å². The third-order valence-electron chi connectivity index (χ3n) is 6.02. The molecule has 1 amide bonds. The van der Waals surface area contributed by atoms with Gasteiger partial charge in [0.1, 0.15) is 18.1 Å². The Labute approximate surface area is 217 Å². The van der Waals surface area contributed by atoms with Gasteiger partial charge in [-0.3, -0.25) is 14.5 Å². The molecule has 1 aliphatic heterocycles. The van der Waals surface area contributed by atoms with E-state index < -0.39 is 17.7 Å². The number of aryl methyl sites for hydroxylation is 1. The van der Waals surface area contributed by atoms with E-state index in [0.717, 1.165) is 11.1 Å². The van der Waals surface area contributed by atoms with Crippen molar-refractivity contribution < 1.29 is 19.4 Å². The number of benzene rings is 3. The van der Waals surface area contributed by atoms with Gasteiger partial charge in [-0.1, -0.05) is 48.0 Å². The number of carbonyl (C=O) groups excluding carboxylic acids is 2. The molecule has 1 aliphatic rings. The number of anilines is 1. The Morgan fingerprint density at radius 3 is 2.56 bits per heavy atom. The molecule has 1 N–H and O–H groups in total. The van der Waals surface area contributed by atoms with Crippen LogP contribution in [0.1, 0.15) is 28.3 Å². The number of aliphatic hydroxyl groups excluding tert-OH is 1. The third kappa shape index (κ3) is 4.51. The summed E-state index contributed by atoms with van der Waals surface area (Å²) < 4.78 is 5.89. The quantitative estimate of drug-likeness (QED) is 0.184. The smallest absolute Gasteiger partial charge is 0.301 e. The summed E-state index contributed by atoms with van der Waals surface area (Å²) in [4.78, 5) is 31.8. The Morgan fingerprint density at radius 2 is 1.86 bits per heavy atom. The fourth-order valence-electron chi connectivity index (χ4n) is 4.15. The van der Waals surface area contributed by atoms with Gasteiger partial charge in [0.05, 0.1) is 11.6 Å². The number of aliphatic hydroxyl groups is 1. The van der Waals surface area contributed by atoms with Crippen LogP contribution < -0.4 is 9.64 Å². The summed E-state index contributed by atoms with van der Waals surface area (Å²) >= 11 is 7.45. The maximum atomic E-state index is 13.2. The van der Waals surface area contributed by atoms with Crippen molar-refractivity contribution >= 4 is 45.5 Å². The molecule has 6 nitrogen and oxygen atoms in total. The molecule has 0 saturated carbocycles. The van der Waals surface area contributed by atoms with Crippen LogP contribution >= 0.6 is 22.9 Å². The highest BCUT2D eigenvalue weighted by Crippen LogP contribution is 2.43. The molecule has 0 bridgehead atoms. The van der Waals surface area contributed by atoms with E-state index in [1.165, 1.54) is 16.2 Å². The van der Waals surface area contributed by atoms with E-state index in [9.17, 15) is 14.7 Å². The summed E-state index contributed by atoms with van der Waals surface area (Å²) in [6, 6.07) is 20.7. The van der Waals surface area contributed by atoms with Crippen LogP contribution in [0.5, 0.6) is 5.75 Å². The number of Topliss-reactive ketones (excluding diaryl/α,β-unsaturated/α-hetero) is 1. The van der Waals surface area contributed by atoms with Crippen LogP contribution in [0.2, 0.25) is 5.02 Å². The minimum atomic E-state index is -0.869. The summed E-state index contributed by atoms with van der Waals surface area (Å²) in [5.41, 5.74) is 3.18. The first-order valence-corrected chi connectivity index (χ1v) is 12.4. The molecule has 180 valence electrons. The Balaban J connectivity index is 1.50. The van der Waals surface area contributed by atoms with E-state index in [0.29, 0.717) is 33.6 Å². The second-order valence-electron chi connectivity index (χ2n) is 8.28. The zero-order chi connectivity index (χ0) is 25.2. The zero-order valence-corrected chi connectivity index (χ0v) is 20.8. The number of amides is 1. The van der Waals surface area contributed by atoms with E-state index in [1.54, 1.807) is 60.1 Å². The molecule has 1 fully saturated rings. The van der Waals surface area contributed by atoms with Gasteiger partial charge >= 0.3 is 5.91 Å². The maximum absolute atomic E-state index is 13.2. The minimum Gasteiger partial charge on any atom is -0.507 e. The van der Waals surface area contributed by atoms with Gasteiger partial charge in [0.25, 0.3) is 5.78 Å². The highest BCUT2D eigenvalue weighted by Gasteiger charge is 2.48. The number of nitrogens with zero attached hydrogens (tertiary/aromatic N) is 2. The van der Waals surface area contributed by atoms with Crippen LogP contribution in [0.3, 0.4) is 0 Å². The molecule has 0 radical (unpaired) electrons. The van der Waals surface area contributed by atoms with Crippen LogP contribution in [0.15, 0.2) is 89.9 Å². The van der Waals surface area contributed by atoms with Crippen LogP contribution in [0.25, 0.3) is 5.76 Å². The number of hydrogen-bond acceptors (Lipinski definition) is 6. The number of ketones is 1. The molecule has 1 aromatic heterocycles. The normalized spacial score (nSPS) is 16.9. The van der Waals surface area contributed by atoms with Crippen molar-refractivity contribution in [2.45, 2.75) is 19.6 Å². The standard InChI is InChI=1S/C28H21ClN2O4S/c1-17-5-2-3-6-20(17)16-35-22-11-9-18(10-12-22)25(32)23-24(19-7-4-8-21(29)15-19)31(27(34)26(23)33)28-30-13-14-36-28/h2-15,24,32H,16H2,1H3/b25-23+. The van der Waals surface area contributed by atoms with Crippen LogP contribution in [0.4, 0.5) is 5.13 Å². The number of rotatable bonds is 6. The fourth-order valence-corrected chi connectivity index (χ4v) is 5.02. The van der Waals surface area contributed by atoms with Crippen LogP contribution in [-0.4, -0.2) is 21.8 Å². The van der Waals surface area contributed by atoms with Gasteiger partial charge in [0.15, 0.2) is 5.13 Å². The van der Waals surface area contributed by atoms with Crippen molar-refractivity contribution in [2.24, 2.45) is 0 Å². The minimum absolute atomic E-state index is 0.0222. The Morgan fingerprint density at radius 1 is 1.08 bits per heavy atom. The topological polar surface area (TPSA) is 79.7 Å². The van der Waals surface area contributed by atoms with Crippen molar-refractivity contribution in [3.05, 3.63) is 117 Å². The number of hydrogen-bond donors (Lipinski definition) is 1. The second-order valence-corrected chi connectivity index (χ2v) is 9.59. The molecule has 0 aliphatic carbocycles. The van der Waals surface area contributed by atoms with Crippen molar-refractivity contribution in [1.29, 1.82) is 0 Å². The fraction of sp³-hybridized carbons (Fsp3) is 0.107. The summed E-state index contributed by atoms with van der Waals surface area (Å²) in [6.07, 6.45) is 1.56. The predicted molar refractivity (Wildman–Crippen MR) is 140 cm³/mol. The maximum Gasteiger partial charge on any atom is 0.301 e. The third-order valence-corrected chi connectivity index (χ3v) is 7.02. The number of ether oxygens (including phenoxy) is 1. The first kappa shape index (κ1) is 23.8. The van der Waals surface area contributed by atoms with Crippen molar-refractivity contribution in [3.8, 4) is 5.75 Å². The highest BCUT2D eigenvalue weighted by molar-refractivity contribution is 7.14. The van der Waals surface area contributed by atoms with Gasteiger partial charge in [0, 0.05) is 22.2 Å². The predicted octanol–water partition coefficient (Wildman–Crippen LogP) is 6.31. The molecule has 0 spiro atoms. The van der Waals surface area contributed by atoms with Gasteiger partial charge in [-0.2, -0.15) is 0 Å². The first-order valence-electron chi connectivity index (χ1n) is 11.2. The molecule has 1 atom stereocenters. The molecule has 1 unspecified atom stereocenters. The summed E-state index contributed by atoms with van der Waals surface area (Å²) in [6.45, 7) is 2.43. The van der Waals surface area contributed by atoms with E-state index >= 15 is 0 Å². The number of carbonyl (C=O) groups is 2. The van der Waals surface area contributed by atoms with Gasteiger partial charge in [-0.05, 0) is 60.0 Å². The molecule has 3 aromatic carbocycles. The van der Waals surface area contributed by atoms with Crippen molar-refractivity contribution in [2.75, 3.05) is 4.90 Å². The number of aromatic nitrogens is 1. The molecule has 36 heavy (non-hydrogen) atoms. The average molecular weight is 517 g/mol. The molecule has 8 heteroatoms. The molecule has 5 rings (SSSR count).